The maximum atomic E-state index is 11.4. The van der Waals surface area contributed by atoms with Crippen LogP contribution in [-0.2, 0) is 28.7 Å². The fourth-order valence-corrected chi connectivity index (χ4v) is 1.51. The van der Waals surface area contributed by atoms with E-state index < -0.39 is 11.9 Å². The van der Waals surface area contributed by atoms with Gasteiger partial charge in [0, 0.05) is 12.8 Å². The van der Waals surface area contributed by atoms with Gasteiger partial charge >= 0.3 is 11.9 Å². The molecule has 0 aliphatic rings. The molecule has 2 amide bonds. The first-order valence-corrected chi connectivity index (χ1v) is 7.34. The second kappa shape index (κ2) is 12.6. The number of ether oxygens (including phenoxy) is 2. The van der Waals surface area contributed by atoms with Crippen LogP contribution in [-0.4, -0.2) is 50.1 Å². The fraction of sp³-hybridized carbons (Fsp3) is 0.714. The van der Waals surface area contributed by atoms with E-state index >= 15 is 0 Å². The molecule has 0 aromatic rings. The molecular weight excluding hydrogens is 292 g/mol. The standard InChI is InChI=1S/C14H24N2O6/c1-3-21-13(19)9-15-11(17)7-5-6-8-12(18)16-10-14(20)22-4-2/h3-10H2,1-2H3,(H,15,17)(H,16,18). The lowest BCUT2D eigenvalue weighted by Gasteiger charge is -2.06. The van der Waals surface area contributed by atoms with Crippen LogP contribution in [0.4, 0.5) is 0 Å². The summed E-state index contributed by atoms with van der Waals surface area (Å²) in [5.74, 6) is -1.48. The van der Waals surface area contributed by atoms with Gasteiger partial charge in [0.15, 0.2) is 0 Å². The zero-order valence-corrected chi connectivity index (χ0v) is 13.1. The number of esters is 2. The van der Waals surface area contributed by atoms with Crippen molar-refractivity contribution in [3.05, 3.63) is 0 Å². The highest BCUT2D eigenvalue weighted by Gasteiger charge is 2.08. The number of hydrogen-bond acceptors (Lipinski definition) is 6. The quantitative estimate of drug-likeness (QED) is 0.407. The van der Waals surface area contributed by atoms with Gasteiger partial charge in [0.2, 0.25) is 11.8 Å². The second-order valence-electron chi connectivity index (χ2n) is 4.37. The monoisotopic (exact) mass is 316 g/mol. The first kappa shape index (κ1) is 19.9. The van der Waals surface area contributed by atoms with Crippen LogP contribution in [0, 0.1) is 0 Å². The van der Waals surface area contributed by atoms with Crippen molar-refractivity contribution in [1.82, 2.24) is 10.6 Å². The highest BCUT2D eigenvalue weighted by atomic mass is 16.5. The lowest BCUT2D eigenvalue weighted by atomic mass is 10.2. The molecule has 0 heterocycles. The van der Waals surface area contributed by atoms with Crippen molar-refractivity contribution in [1.29, 1.82) is 0 Å². The van der Waals surface area contributed by atoms with Crippen LogP contribution in [0.15, 0.2) is 0 Å². The summed E-state index contributed by atoms with van der Waals surface area (Å²) < 4.78 is 9.34. The second-order valence-corrected chi connectivity index (χ2v) is 4.37. The van der Waals surface area contributed by atoms with Crippen LogP contribution in [0.25, 0.3) is 0 Å². The molecule has 0 saturated heterocycles. The van der Waals surface area contributed by atoms with Gasteiger partial charge in [-0.3, -0.25) is 19.2 Å². The Hall–Kier alpha value is -2.12. The third-order valence-corrected chi connectivity index (χ3v) is 2.53. The maximum Gasteiger partial charge on any atom is 0.325 e. The topological polar surface area (TPSA) is 111 Å². The normalized spacial score (nSPS) is 9.73. The van der Waals surface area contributed by atoms with Gasteiger partial charge in [0.1, 0.15) is 13.1 Å². The molecule has 22 heavy (non-hydrogen) atoms. The molecule has 0 saturated carbocycles. The molecule has 0 aromatic carbocycles. The number of rotatable bonds is 11. The first-order chi connectivity index (χ1) is 10.5. The Morgan fingerprint density at radius 1 is 0.727 bits per heavy atom. The van der Waals surface area contributed by atoms with Crippen LogP contribution in [0.1, 0.15) is 39.5 Å². The van der Waals surface area contributed by atoms with E-state index in [0.29, 0.717) is 12.8 Å². The average Bonchev–Trinajstić information content (AvgIpc) is 2.48. The summed E-state index contributed by atoms with van der Waals surface area (Å²) in [4.78, 5) is 44.8. The molecule has 0 unspecified atom stereocenters. The van der Waals surface area contributed by atoms with Crippen molar-refractivity contribution in [2.45, 2.75) is 39.5 Å². The largest absolute Gasteiger partial charge is 0.465 e. The molecule has 0 bridgehead atoms. The number of hydrogen-bond donors (Lipinski definition) is 2. The van der Waals surface area contributed by atoms with Gasteiger partial charge in [0.25, 0.3) is 0 Å². The van der Waals surface area contributed by atoms with Crippen LogP contribution in [0.2, 0.25) is 0 Å². The Kier molecular flexibility index (Phi) is 11.4. The van der Waals surface area contributed by atoms with Crippen molar-refractivity contribution in [3.63, 3.8) is 0 Å². The molecule has 0 fully saturated rings. The Bertz CT molecular complexity index is 348. The van der Waals surface area contributed by atoms with E-state index in [1.54, 1.807) is 13.8 Å². The maximum absolute atomic E-state index is 11.4. The van der Waals surface area contributed by atoms with E-state index in [9.17, 15) is 19.2 Å². The number of carbonyl (C=O) groups is 4. The summed E-state index contributed by atoms with van der Waals surface area (Å²) in [5.41, 5.74) is 0. The van der Waals surface area contributed by atoms with E-state index in [4.69, 9.17) is 0 Å². The minimum absolute atomic E-state index is 0.146. The lowest BCUT2D eigenvalue weighted by Crippen LogP contribution is -2.31. The van der Waals surface area contributed by atoms with Gasteiger partial charge in [-0.15, -0.1) is 0 Å². The SMILES string of the molecule is CCOC(=O)CNC(=O)CCCCC(=O)NCC(=O)OCC. The van der Waals surface area contributed by atoms with Crippen molar-refractivity contribution < 1.29 is 28.7 Å². The van der Waals surface area contributed by atoms with Crippen LogP contribution in [0.3, 0.4) is 0 Å². The molecule has 0 aliphatic carbocycles. The molecule has 126 valence electrons. The van der Waals surface area contributed by atoms with E-state index in [2.05, 4.69) is 20.1 Å². The average molecular weight is 316 g/mol. The first-order valence-electron chi connectivity index (χ1n) is 7.34. The fourth-order valence-electron chi connectivity index (χ4n) is 1.51. The molecular formula is C14H24N2O6. The van der Waals surface area contributed by atoms with Gasteiger partial charge in [-0.2, -0.15) is 0 Å². The molecule has 0 aliphatic heterocycles. The zero-order valence-electron chi connectivity index (χ0n) is 13.1. The summed E-state index contributed by atoms with van der Waals surface area (Å²) >= 11 is 0. The predicted octanol–water partition coefficient (Wildman–Crippen LogP) is -0.0946. The van der Waals surface area contributed by atoms with Crippen LogP contribution in [0.5, 0.6) is 0 Å². The number of carbonyl (C=O) groups excluding carboxylic acids is 4. The van der Waals surface area contributed by atoms with Crippen LogP contribution >= 0.6 is 0 Å². The molecule has 0 atom stereocenters. The Balaban J connectivity index is 3.58. The summed E-state index contributed by atoms with van der Waals surface area (Å²) in [6, 6.07) is 0. The Labute approximate surface area is 129 Å². The number of nitrogens with one attached hydrogen (secondary N) is 2. The molecule has 2 N–H and O–H groups in total. The minimum Gasteiger partial charge on any atom is -0.465 e. The molecule has 8 heteroatoms. The molecule has 0 aromatic heterocycles. The summed E-state index contributed by atoms with van der Waals surface area (Å²) in [6.45, 7) is 3.63. The number of amides is 2. The van der Waals surface area contributed by atoms with E-state index in [1.807, 2.05) is 0 Å². The molecule has 8 nitrogen and oxygen atoms in total. The van der Waals surface area contributed by atoms with Crippen molar-refractivity contribution >= 4 is 23.8 Å². The molecule has 0 rings (SSSR count). The van der Waals surface area contributed by atoms with E-state index in [-0.39, 0.29) is 51.0 Å². The minimum atomic E-state index is -0.478. The smallest absolute Gasteiger partial charge is 0.325 e. The van der Waals surface area contributed by atoms with Crippen LogP contribution < -0.4 is 10.6 Å². The van der Waals surface area contributed by atoms with Crippen molar-refractivity contribution in [2.75, 3.05) is 26.3 Å². The van der Waals surface area contributed by atoms with E-state index in [0.717, 1.165) is 0 Å². The molecule has 0 radical (unpaired) electrons. The summed E-state index contributed by atoms with van der Waals surface area (Å²) in [6.07, 6.45) is 1.48. The third kappa shape index (κ3) is 11.7. The summed E-state index contributed by atoms with van der Waals surface area (Å²) in [5, 5.41) is 4.87. The zero-order chi connectivity index (χ0) is 16.8. The van der Waals surface area contributed by atoms with Gasteiger partial charge in [0.05, 0.1) is 13.2 Å². The Morgan fingerprint density at radius 2 is 1.09 bits per heavy atom. The number of unbranched alkanes of at least 4 members (excludes halogenated alkanes) is 1. The highest BCUT2D eigenvalue weighted by molar-refractivity contribution is 5.82. The Morgan fingerprint density at radius 3 is 1.41 bits per heavy atom. The predicted molar refractivity (Wildman–Crippen MR) is 77.8 cm³/mol. The van der Waals surface area contributed by atoms with E-state index in [1.165, 1.54) is 0 Å². The third-order valence-electron chi connectivity index (χ3n) is 2.53. The van der Waals surface area contributed by atoms with Crippen molar-refractivity contribution in [3.8, 4) is 0 Å². The van der Waals surface area contributed by atoms with Crippen molar-refractivity contribution in [2.24, 2.45) is 0 Å². The van der Waals surface area contributed by atoms with Gasteiger partial charge in [-0.1, -0.05) is 0 Å². The van der Waals surface area contributed by atoms with Gasteiger partial charge < -0.3 is 20.1 Å². The lowest BCUT2D eigenvalue weighted by molar-refractivity contribution is -0.144. The highest BCUT2D eigenvalue weighted by Crippen LogP contribution is 1.99. The summed E-state index contributed by atoms with van der Waals surface area (Å²) in [7, 11) is 0. The van der Waals surface area contributed by atoms with Gasteiger partial charge in [-0.05, 0) is 26.7 Å². The molecule has 0 spiro atoms. The van der Waals surface area contributed by atoms with Gasteiger partial charge in [-0.25, -0.2) is 0 Å².